The van der Waals surface area contributed by atoms with E-state index < -0.39 is 30.5 Å². The molecule has 1 rings (SSSR count). The quantitative estimate of drug-likeness (QED) is 0.298. The minimum Gasteiger partial charge on any atom is -0.499 e. The van der Waals surface area contributed by atoms with Gasteiger partial charge in [0.05, 0.1) is 6.61 Å². The average molecular weight is 191 g/mol. The molecular weight excluding hydrogens is 182 g/mol. The van der Waals surface area contributed by atoms with Crippen LogP contribution >= 0.6 is 0 Å². The first kappa shape index (κ1) is 9.78. The molecule has 74 valence electrons. The molecule has 7 heteroatoms. The van der Waals surface area contributed by atoms with Crippen LogP contribution in [0.1, 0.15) is 0 Å². The van der Waals surface area contributed by atoms with Crippen LogP contribution in [0.15, 0.2) is 11.5 Å². The smallest absolute Gasteiger partial charge is 0.378 e. The SMILES string of the molecule is NOC1=C(O)C(=O)O[C@@H]1[C@@H](O)CO. The van der Waals surface area contributed by atoms with Crippen molar-refractivity contribution >= 4 is 5.97 Å². The lowest BCUT2D eigenvalue weighted by atomic mass is 10.2. The number of hydrogen-bond donors (Lipinski definition) is 4. The van der Waals surface area contributed by atoms with Crippen molar-refractivity contribution in [1.29, 1.82) is 0 Å². The fraction of sp³-hybridized carbons (Fsp3) is 0.500. The second-order valence-electron chi connectivity index (χ2n) is 2.41. The molecule has 0 aliphatic carbocycles. The molecule has 0 unspecified atom stereocenters. The van der Waals surface area contributed by atoms with Crippen LogP contribution in [0.4, 0.5) is 0 Å². The number of rotatable bonds is 3. The van der Waals surface area contributed by atoms with Crippen molar-refractivity contribution in [3.8, 4) is 0 Å². The second-order valence-corrected chi connectivity index (χ2v) is 2.41. The molecule has 2 atom stereocenters. The maximum atomic E-state index is 10.7. The van der Waals surface area contributed by atoms with Crippen molar-refractivity contribution in [2.24, 2.45) is 5.90 Å². The average Bonchev–Trinajstić information content (AvgIpc) is 2.42. The lowest BCUT2D eigenvalue weighted by Crippen LogP contribution is -2.33. The number of aliphatic hydroxyl groups is 3. The Hall–Kier alpha value is -1.31. The molecule has 1 heterocycles. The molecule has 0 aromatic carbocycles. The number of esters is 1. The summed E-state index contributed by atoms with van der Waals surface area (Å²) in [6, 6.07) is 0. The zero-order valence-corrected chi connectivity index (χ0v) is 6.51. The lowest BCUT2D eigenvalue weighted by Gasteiger charge is -2.15. The van der Waals surface area contributed by atoms with E-state index in [1.807, 2.05) is 0 Å². The molecule has 0 saturated heterocycles. The maximum Gasteiger partial charge on any atom is 0.378 e. The first-order chi connectivity index (χ1) is 6.11. The Labute approximate surface area is 72.9 Å². The van der Waals surface area contributed by atoms with E-state index in [2.05, 4.69) is 9.57 Å². The number of carbonyl (C=O) groups is 1. The highest BCUT2D eigenvalue weighted by molar-refractivity contribution is 5.89. The van der Waals surface area contributed by atoms with Crippen LogP contribution in [-0.2, 0) is 14.4 Å². The summed E-state index contributed by atoms with van der Waals surface area (Å²) < 4.78 is 4.45. The van der Waals surface area contributed by atoms with E-state index in [4.69, 9.17) is 21.2 Å². The summed E-state index contributed by atoms with van der Waals surface area (Å²) >= 11 is 0. The Morgan fingerprint density at radius 3 is 2.77 bits per heavy atom. The van der Waals surface area contributed by atoms with E-state index >= 15 is 0 Å². The van der Waals surface area contributed by atoms with Gasteiger partial charge in [-0.05, 0) is 0 Å². The first-order valence-electron chi connectivity index (χ1n) is 3.41. The molecule has 0 aromatic rings. The monoisotopic (exact) mass is 191 g/mol. The highest BCUT2D eigenvalue weighted by Gasteiger charge is 2.40. The number of cyclic esters (lactones) is 1. The maximum absolute atomic E-state index is 10.7. The number of aliphatic hydroxyl groups excluding tert-OH is 3. The fourth-order valence-electron chi connectivity index (χ4n) is 0.932. The normalized spacial score (nSPS) is 24.5. The number of hydrogen-bond acceptors (Lipinski definition) is 7. The first-order valence-corrected chi connectivity index (χ1v) is 3.41. The van der Waals surface area contributed by atoms with Gasteiger partial charge in [-0.1, -0.05) is 0 Å². The van der Waals surface area contributed by atoms with Crippen molar-refractivity contribution in [2.75, 3.05) is 6.61 Å². The topological polar surface area (TPSA) is 122 Å². The van der Waals surface area contributed by atoms with Gasteiger partial charge in [-0.2, -0.15) is 5.90 Å². The van der Waals surface area contributed by atoms with Crippen LogP contribution in [0.25, 0.3) is 0 Å². The Bertz CT molecular complexity index is 250. The molecule has 5 N–H and O–H groups in total. The van der Waals surface area contributed by atoms with E-state index in [1.165, 1.54) is 0 Å². The third-order valence-electron chi connectivity index (χ3n) is 1.58. The van der Waals surface area contributed by atoms with Crippen LogP contribution in [0, 0.1) is 0 Å². The Kier molecular flexibility index (Phi) is 2.71. The molecule has 7 nitrogen and oxygen atoms in total. The third-order valence-corrected chi connectivity index (χ3v) is 1.58. The predicted octanol–water partition coefficient (Wildman–Crippen LogP) is -2.08. The van der Waals surface area contributed by atoms with Crippen molar-refractivity contribution in [3.63, 3.8) is 0 Å². The molecule has 0 amide bonds. The van der Waals surface area contributed by atoms with Gasteiger partial charge in [0.15, 0.2) is 6.10 Å². The summed E-state index contributed by atoms with van der Waals surface area (Å²) in [4.78, 5) is 14.9. The second kappa shape index (κ2) is 3.60. The summed E-state index contributed by atoms with van der Waals surface area (Å²) in [6.07, 6.45) is -2.62. The zero-order valence-electron chi connectivity index (χ0n) is 6.51. The van der Waals surface area contributed by atoms with E-state index in [0.717, 1.165) is 0 Å². The molecule has 0 saturated carbocycles. The molecule has 0 radical (unpaired) electrons. The van der Waals surface area contributed by atoms with Crippen LogP contribution in [0.5, 0.6) is 0 Å². The molecular formula is C6H9NO6. The van der Waals surface area contributed by atoms with Crippen molar-refractivity contribution in [1.82, 2.24) is 0 Å². The van der Waals surface area contributed by atoms with Gasteiger partial charge < -0.3 is 24.9 Å². The van der Waals surface area contributed by atoms with Crippen LogP contribution in [-0.4, -0.2) is 40.1 Å². The van der Waals surface area contributed by atoms with Crippen LogP contribution in [0.2, 0.25) is 0 Å². The van der Waals surface area contributed by atoms with E-state index in [-0.39, 0.29) is 5.76 Å². The molecule has 1 aliphatic heterocycles. The van der Waals surface area contributed by atoms with E-state index in [0.29, 0.717) is 0 Å². The summed E-state index contributed by atoms with van der Waals surface area (Å²) in [5.74, 6) is 2.51. The number of ether oxygens (including phenoxy) is 1. The van der Waals surface area contributed by atoms with Gasteiger partial charge >= 0.3 is 5.97 Å². The van der Waals surface area contributed by atoms with Crippen LogP contribution < -0.4 is 5.90 Å². The summed E-state index contributed by atoms with van der Waals surface area (Å²) in [5, 5.41) is 26.6. The van der Waals surface area contributed by atoms with Crippen LogP contribution in [0.3, 0.4) is 0 Å². The summed E-state index contributed by atoms with van der Waals surface area (Å²) in [5.41, 5.74) is 0. The molecule has 0 fully saturated rings. The molecule has 1 aliphatic rings. The highest BCUT2D eigenvalue weighted by Crippen LogP contribution is 2.23. The molecule has 0 spiro atoms. The third kappa shape index (κ3) is 1.57. The fourth-order valence-corrected chi connectivity index (χ4v) is 0.932. The Balaban J connectivity index is 2.86. The Morgan fingerprint density at radius 1 is 1.69 bits per heavy atom. The minimum atomic E-state index is -1.37. The van der Waals surface area contributed by atoms with Gasteiger partial charge in [0, 0.05) is 0 Å². The van der Waals surface area contributed by atoms with Crippen molar-refractivity contribution in [3.05, 3.63) is 11.5 Å². The van der Waals surface area contributed by atoms with Gasteiger partial charge in [-0.15, -0.1) is 0 Å². The zero-order chi connectivity index (χ0) is 10.0. The number of nitrogens with two attached hydrogens (primary N) is 1. The standard InChI is InChI=1S/C6H9NO6/c7-13-5-3(10)6(11)12-4(5)2(9)1-8/h2,4,8-10H,1,7H2/t2-,4+/m0/s1. The lowest BCUT2D eigenvalue weighted by molar-refractivity contribution is -0.148. The highest BCUT2D eigenvalue weighted by atomic mass is 16.7. The van der Waals surface area contributed by atoms with E-state index in [1.54, 1.807) is 0 Å². The largest absolute Gasteiger partial charge is 0.499 e. The van der Waals surface area contributed by atoms with Crippen molar-refractivity contribution in [2.45, 2.75) is 12.2 Å². The van der Waals surface area contributed by atoms with Gasteiger partial charge in [-0.3, -0.25) is 0 Å². The molecule has 0 bridgehead atoms. The summed E-state index contributed by atoms with van der Waals surface area (Å²) in [7, 11) is 0. The van der Waals surface area contributed by atoms with Gasteiger partial charge in [0.25, 0.3) is 0 Å². The van der Waals surface area contributed by atoms with Gasteiger partial charge in [0.2, 0.25) is 11.5 Å². The predicted molar refractivity (Wildman–Crippen MR) is 37.9 cm³/mol. The van der Waals surface area contributed by atoms with Gasteiger partial charge in [0.1, 0.15) is 6.10 Å². The summed E-state index contributed by atoms with van der Waals surface area (Å²) in [6.45, 7) is -0.641. The Morgan fingerprint density at radius 2 is 2.31 bits per heavy atom. The molecule has 13 heavy (non-hydrogen) atoms. The van der Waals surface area contributed by atoms with E-state index in [9.17, 15) is 4.79 Å². The minimum absolute atomic E-state index is 0.383. The molecule has 0 aromatic heterocycles. The number of carbonyl (C=O) groups excluding carboxylic acids is 1. The van der Waals surface area contributed by atoms with Crippen molar-refractivity contribution < 1.29 is 29.7 Å². The van der Waals surface area contributed by atoms with Gasteiger partial charge in [-0.25, -0.2) is 4.79 Å².